The van der Waals surface area contributed by atoms with Crippen LogP contribution < -0.4 is 9.64 Å². The van der Waals surface area contributed by atoms with Gasteiger partial charge in [-0.3, -0.25) is 14.4 Å². The normalized spacial score (nSPS) is 15.0. The summed E-state index contributed by atoms with van der Waals surface area (Å²) < 4.78 is 10.5. The summed E-state index contributed by atoms with van der Waals surface area (Å²) in [4.78, 5) is 51.1. The molecule has 1 fully saturated rings. The predicted molar refractivity (Wildman–Crippen MR) is 135 cm³/mol. The Morgan fingerprint density at radius 1 is 0.944 bits per heavy atom. The number of ketones is 1. The molecule has 0 spiro atoms. The maximum absolute atomic E-state index is 12.5. The lowest BCUT2D eigenvalue weighted by atomic mass is 10.1. The molecule has 0 unspecified atom stereocenters. The highest BCUT2D eigenvalue weighted by Crippen LogP contribution is 2.35. The summed E-state index contributed by atoms with van der Waals surface area (Å²) in [5.41, 5.74) is 2.14. The third kappa shape index (κ3) is 5.75. The molecule has 3 aromatic rings. The van der Waals surface area contributed by atoms with Gasteiger partial charge in [-0.1, -0.05) is 47.0 Å². The molecule has 184 valence electrons. The Hall–Kier alpha value is -3.68. The first-order valence-electron chi connectivity index (χ1n) is 11.1. The van der Waals surface area contributed by atoms with Crippen LogP contribution in [0.5, 0.6) is 5.75 Å². The Kier molecular flexibility index (Phi) is 7.72. The average Bonchev–Trinajstić information content (AvgIpc) is 3.26. The van der Waals surface area contributed by atoms with Crippen molar-refractivity contribution in [3.63, 3.8) is 0 Å². The molecule has 0 saturated carbocycles. The lowest BCUT2D eigenvalue weighted by molar-refractivity contribution is -0.147. The van der Waals surface area contributed by atoms with E-state index in [1.165, 1.54) is 29.2 Å². The summed E-state index contributed by atoms with van der Waals surface area (Å²) in [5, 5.41) is 0.527. The van der Waals surface area contributed by atoms with Crippen LogP contribution in [0.1, 0.15) is 32.7 Å². The first-order chi connectivity index (χ1) is 17.2. The van der Waals surface area contributed by atoms with Gasteiger partial charge in [-0.25, -0.2) is 4.79 Å². The molecule has 1 saturated heterocycles. The van der Waals surface area contributed by atoms with Crippen molar-refractivity contribution < 1.29 is 28.7 Å². The number of benzene rings is 3. The van der Waals surface area contributed by atoms with E-state index >= 15 is 0 Å². The van der Waals surface area contributed by atoms with Crippen molar-refractivity contribution >= 4 is 52.5 Å². The summed E-state index contributed by atoms with van der Waals surface area (Å²) in [6, 6.07) is 17.8. The maximum Gasteiger partial charge on any atom is 0.343 e. The number of hydrogen-bond donors (Lipinski definition) is 0. The zero-order valence-corrected chi connectivity index (χ0v) is 20.7. The Labute approximate surface area is 217 Å². The van der Waals surface area contributed by atoms with Gasteiger partial charge in [0.2, 0.25) is 5.91 Å². The Balaban J connectivity index is 1.30. The maximum atomic E-state index is 12.5. The Morgan fingerprint density at radius 3 is 2.31 bits per heavy atom. The van der Waals surface area contributed by atoms with Crippen molar-refractivity contribution in [2.45, 2.75) is 13.3 Å². The molecular formula is C27H21Cl2NO6. The largest absolute Gasteiger partial charge is 0.457 e. The summed E-state index contributed by atoms with van der Waals surface area (Å²) in [6.07, 6.45) is -0.0586. The third-order valence-corrected chi connectivity index (χ3v) is 6.51. The molecule has 0 aliphatic carbocycles. The number of rotatable bonds is 7. The summed E-state index contributed by atoms with van der Waals surface area (Å²) >= 11 is 12.2. The average molecular weight is 526 g/mol. The van der Waals surface area contributed by atoms with Crippen LogP contribution in [0.25, 0.3) is 0 Å². The number of halogens is 2. The lowest BCUT2D eigenvalue weighted by Gasteiger charge is -2.18. The molecule has 9 heteroatoms. The van der Waals surface area contributed by atoms with E-state index in [1.807, 2.05) is 19.1 Å². The van der Waals surface area contributed by atoms with Gasteiger partial charge in [-0.2, -0.15) is 0 Å². The molecule has 1 aliphatic heterocycles. The molecule has 36 heavy (non-hydrogen) atoms. The molecule has 1 amide bonds. The Bertz CT molecular complexity index is 1320. The fourth-order valence-corrected chi connectivity index (χ4v) is 4.10. The van der Waals surface area contributed by atoms with Crippen LogP contribution >= 0.6 is 23.2 Å². The van der Waals surface area contributed by atoms with E-state index in [0.29, 0.717) is 16.3 Å². The summed E-state index contributed by atoms with van der Waals surface area (Å²) in [5.74, 6) is -2.34. The third-order valence-electron chi connectivity index (χ3n) is 5.70. The monoisotopic (exact) mass is 525 g/mol. The van der Waals surface area contributed by atoms with Gasteiger partial charge in [-0.05, 0) is 55.5 Å². The van der Waals surface area contributed by atoms with E-state index in [4.69, 9.17) is 32.7 Å². The molecule has 0 aromatic heterocycles. The molecule has 3 aromatic carbocycles. The molecule has 0 bridgehead atoms. The van der Waals surface area contributed by atoms with Gasteiger partial charge in [-0.15, -0.1) is 0 Å². The van der Waals surface area contributed by atoms with Crippen LogP contribution in [-0.2, 0) is 14.3 Å². The molecule has 7 nitrogen and oxygen atoms in total. The zero-order chi connectivity index (χ0) is 25.8. The van der Waals surface area contributed by atoms with Crippen molar-refractivity contribution in [3.8, 4) is 5.75 Å². The van der Waals surface area contributed by atoms with Gasteiger partial charge in [0.25, 0.3) is 0 Å². The van der Waals surface area contributed by atoms with Gasteiger partial charge in [0.1, 0.15) is 5.75 Å². The molecule has 1 heterocycles. The number of Topliss-reactive ketones (excluding diaryl/α,β-unsaturated/α-hetero) is 1. The highest BCUT2D eigenvalue weighted by Gasteiger charge is 2.37. The van der Waals surface area contributed by atoms with E-state index < -0.39 is 30.2 Å². The van der Waals surface area contributed by atoms with Crippen LogP contribution in [-0.4, -0.2) is 36.8 Å². The predicted octanol–water partition coefficient (Wildman–Crippen LogP) is 5.30. The topological polar surface area (TPSA) is 90.0 Å². The van der Waals surface area contributed by atoms with Crippen molar-refractivity contribution in [1.82, 2.24) is 0 Å². The number of carbonyl (C=O) groups excluding carboxylic acids is 4. The molecule has 4 rings (SSSR count). The van der Waals surface area contributed by atoms with E-state index in [1.54, 1.807) is 30.3 Å². The summed E-state index contributed by atoms with van der Waals surface area (Å²) in [6.45, 7) is 1.51. The van der Waals surface area contributed by atoms with Crippen LogP contribution in [0.2, 0.25) is 10.0 Å². The molecule has 1 atom stereocenters. The van der Waals surface area contributed by atoms with E-state index in [2.05, 4.69) is 0 Å². The van der Waals surface area contributed by atoms with Gasteiger partial charge in [0, 0.05) is 18.5 Å². The number of carbonyl (C=O) groups is 4. The van der Waals surface area contributed by atoms with Crippen molar-refractivity contribution in [2.24, 2.45) is 5.92 Å². The van der Waals surface area contributed by atoms with Crippen LogP contribution in [0, 0.1) is 12.8 Å². The minimum atomic E-state index is -0.732. The second-order valence-electron chi connectivity index (χ2n) is 8.29. The number of amides is 1. The van der Waals surface area contributed by atoms with E-state index in [0.717, 1.165) is 5.56 Å². The molecule has 0 radical (unpaired) electrons. The number of ether oxygens (including phenoxy) is 2. The number of nitrogens with zero attached hydrogens (tertiary/aromatic N) is 1. The molecule has 0 N–H and O–H groups in total. The fourth-order valence-electron chi connectivity index (χ4n) is 3.70. The molecular weight excluding hydrogens is 505 g/mol. The van der Waals surface area contributed by atoms with Crippen LogP contribution in [0.15, 0.2) is 66.7 Å². The van der Waals surface area contributed by atoms with Crippen molar-refractivity contribution in [3.05, 3.63) is 93.5 Å². The highest BCUT2D eigenvalue weighted by atomic mass is 35.5. The van der Waals surface area contributed by atoms with Gasteiger partial charge in [0.15, 0.2) is 12.4 Å². The van der Waals surface area contributed by atoms with E-state index in [-0.39, 0.29) is 35.2 Å². The fraction of sp³-hybridized carbons (Fsp3) is 0.185. The molecule has 1 aliphatic rings. The van der Waals surface area contributed by atoms with Gasteiger partial charge >= 0.3 is 11.9 Å². The number of esters is 2. The zero-order valence-electron chi connectivity index (χ0n) is 19.2. The second-order valence-corrected chi connectivity index (χ2v) is 9.07. The lowest BCUT2D eigenvalue weighted by Crippen LogP contribution is -2.27. The second kappa shape index (κ2) is 10.9. The quantitative estimate of drug-likeness (QED) is 0.236. The minimum absolute atomic E-state index is 0.0586. The van der Waals surface area contributed by atoms with Crippen molar-refractivity contribution in [2.75, 3.05) is 18.1 Å². The van der Waals surface area contributed by atoms with E-state index in [9.17, 15) is 19.2 Å². The Morgan fingerprint density at radius 2 is 1.61 bits per heavy atom. The minimum Gasteiger partial charge on any atom is -0.457 e. The first-order valence-corrected chi connectivity index (χ1v) is 11.8. The van der Waals surface area contributed by atoms with Crippen LogP contribution in [0.3, 0.4) is 0 Å². The number of anilines is 1. The number of aryl methyl sites for hydroxylation is 1. The summed E-state index contributed by atoms with van der Waals surface area (Å²) in [7, 11) is 0. The SMILES string of the molecule is Cc1ccc(C(=O)Oc2ccc(C(=O)COC(=O)[C@H]3CC(=O)N(c4cccc(Cl)c4Cl)C3)cc2)cc1. The highest BCUT2D eigenvalue weighted by molar-refractivity contribution is 6.44. The van der Waals surface area contributed by atoms with Gasteiger partial charge < -0.3 is 14.4 Å². The standard InChI is InChI=1S/C27H21Cl2NO6/c1-16-5-7-18(8-6-16)27(34)36-20-11-9-17(10-12-20)23(31)15-35-26(33)19-13-24(32)30(14-19)22-4-2-3-21(28)25(22)29/h2-12,19H,13-15H2,1H3/t19-/m0/s1. The number of hydrogen-bond acceptors (Lipinski definition) is 6. The van der Waals surface area contributed by atoms with Crippen molar-refractivity contribution in [1.29, 1.82) is 0 Å². The van der Waals surface area contributed by atoms with Gasteiger partial charge in [0.05, 0.1) is 27.2 Å². The smallest absolute Gasteiger partial charge is 0.343 e. The first kappa shape index (κ1) is 25.4. The van der Waals surface area contributed by atoms with Crippen LogP contribution in [0.4, 0.5) is 5.69 Å².